The van der Waals surface area contributed by atoms with E-state index in [4.69, 9.17) is 0 Å². The summed E-state index contributed by atoms with van der Waals surface area (Å²) >= 11 is 0. The van der Waals surface area contributed by atoms with Gasteiger partial charge >= 0.3 is 0 Å². The van der Waals surface area contributed by atoms with Crippen molar-refractivity contribution in [3.05, 3.63) is 84.4 Å². The second-order valence-electron chi connectivity index (χ2n) is 8.91. The number of carbonyl (C=O) groups is 1. The number of hydrogen-bond acceptors (Lipinski definition) is 4. The van der Waals surface area contributed by atoms with Crippen molar-refractivity contribution in [1.82, 2.24) is 14.5 Å². The van der Waals surface area contributed by atoms with Gasteiger partial charge in [-0.2, -0.15) is 4.72 Å². The van der Waals surface area contributed by atoms with E-state index in [1.165, 1.54) is 5.56 Å². The molecule has 6 nitrogen and oxygen atoms in total. The maximum absolute atomic E-state index is 13.3. The SMILES string of the molecule is CCCC(NS(=O)(=O)c1ccc2ccccc2c1)C(=O)N1CCN(C/C=C/c2ccccc2)CC1. The summed E-state index contributed by atoms with van der Waals surface area (Å²) in [4.78, 5) is 17.6. The van der Waals surface area contributed by atoms with Crippen molar-refractivity contribution in [3.8, 4) is 0 Å². The number of piperazine rings is 1. The smallest absolute Gasteiger partial charge is 0.241 e. The molecule has 0 aromatic heterocycles. The summed E-state index contributed by atoms with van der Waals surface area (Å²) in [7, 11) is -3.82. The molecule has 184 valence electrons. The monoisotopic (exact) mass is 491 g/mol. The largest absolute Gasteiger partial charge is 0.339 e. The molecule has 1 amide bonds. The number of nitrogens with zero attached hydrogens (tertiary/aromatic N) is 2. The van der Waals surface area contributed by atoms with Gasteiger partial charge in [0.25, 0.3) is 0 Å². The van der Waals surface area contributed by atoms with Crippen LogP contribution in [0.5, 0.6) is 0 Å². The Kier molecular flexibility index (Phi) is 8.33. The van der Waals surface area contributed by atoms with Crippen molar-refractivity contribution >= 4 is 32.8 Å². The molecule has 1 fully saturated rings. The number of nitrogens with one attached hydrogen (secondary N) is 1. The van der Waals surface area contributed by atoms with Crippen LogP contribution in [0.25, 0.3) is 16.8 Å². The van der Waals surface area contributed by atoms with Crippen molar-refractivity contribution in [1.29, 1.82) is 0 Å². The van der Waals surface area contributed by atoms with E-state index < -0.39 is 16.1 Å². The van der Waals surface area contributed by atoms with Gasteiger partial charge in [-0.1, -0.05) is 86.2 Å². The van der Waals surface area contributed by atoms with Crippen LogP contribution < -0.4 is 4.72 Å². The second kappa shape index (κ2) is 11.6. The predicted molar refractivity (Wildman–Crippen MR) is 141 cm³/mol. The zero-order chi connectivity index (χ0) is 24.7. The van der Waals surface area contributed by atoms with Gasteiger partial charge in [0.1, 0.15) is 6.04 Å². The fourth-order valence-electron chi connectivity index (χ4n) is 4.38. The summed E-state index contributed by atoms with van der Waals surface area (Å²) in [5.74, 6) is -0.143. The lowest BCUT2D eigenvalue weighted by Crippen LogP contribution is -2.54. The summed E-state index contributed by atoms with van der Waals surface area (Å²) in [6.45, 7) is 5.50. The molecule has 0 saturated carbocycles. The maximum atomic E-state index is 13.3. The van der Waals surface area contributed by atoms with Crippen LogP contribution in [0.2, 0.25) is 0 Å². The van der Waals surface area contributed by atoms with E-state index in [9.17, 15) is 13.2 Å². The van der Waals surface area contributed by atoms with Gasteiger partial charge in [-0.3, -0.25) is 9.69 Å². The third kappa shape index (κ3) is 6.57. The van der Waals surface area contributed by atoms with Crippen molar-refractivity contribution in [2.75, 3.05) is 32.7 Å². The summed E-state index contributed by atoms with van der Waals surface area (Å²) in [6.07, 6.45) is 5.42. The van der Waals surface area contributed by atoms with E-state index in [1.54, 1.807) is 23.1 Å². The summed E-state index contributed by atoms with van der Waals surface area (Å²) in [5, 5.41) is 1.83. The quantitative estimate of drug-likeness (QED) is 0.488. The molecule has 1 unspecified atom stereocenters. The van der Waals surface area contributed by atoms with E-state index in [1.807, 2.05) is 49.4 Å². The molecule has 1 atom stereocenters. The van der Waals surface area contributed by atoms with Crippen LogP contribution in [0.4, 0.5) is 0 Å². The van der Waals surface area contributed by atoms with Crippen LogP contribution in [0.1, 0.15) is 25.3 Å². The standard InChI is InChI=1S/C28H33N3O3S/c1-2-9-27(29-35(33,34)26-16-15-24-13-6-7-14-25(24)22-26)28(32)31-20-18-30(19-21-31)17-8-12-23-10-4-3-5-11-23/h3-8,10-16,22,27,29H,2,9,17-21H2,1H3/b12-8+. The Balaban J connectivity index is 1.36. The number of sulfonamides is 1. The number of benzene rings is 3. The molecule has 1 aliphatic heterocycles. The van der Waals surface area contributed by atoms with E-state index in [2.05, 4.69) is 33.9 Å². The lowest BCUT2D eigenvalue weighted by molar-refractivity contribution is -0.134. The highest BCUT2D eigenvalue weighted by Crippen LogP contribution is 2.20. The van der Waals surface area contributed by atoms with E-state index in [0.717, 1.165) is 30.4 Å². The van der Waals surface area contributed by atoms with Crippen LogP contribution >= 0.6 is 0 Å². The minimum Gasteiger partial charge on any atom is -0.339 e. The summed E-state index contributed by atoms with van der Waals surface area (Å²) < 4.78 is 29.0. The van der Waals surface area contributed by atoms with Crippen LogP contribution in [-0.2, 0) is 14.8 Å². The molecule has 1 heterocycles. The van der Waals surface area contributed by atoms with E-state index >= 15 is 0 Å². The predicted octanol–water partition coefficient (Wildman–Crippen LogP) is 4.14. The number of hydrogen-bond donors (Lipinski definition) is 1. The fourth-order valence-corrected chi connectivity index (χ4v) is 5.64. The van der Waals surface area contributed by atoms with Gasteiger partial charge in [-0.05, 0) is 34.9 Å². The molecule has 1 N–H and O–H groups in total. The number of fused-ring (bicyclic) bond motifs is 1. The third-order valence-electron chi connectivity index (χ3n) is 6.36. The molecule has 1 aliphatic rings. The van der Waals surface area contributed by atoms with Gasteiger partial charge in [0.2, 0.25) is 15.9 Å². The van der Waals surface area contributed by atoms with Crippen LogP contribution in [0.15, 0.2) is 83.8 Å². The minimum absolute atomic E-state index is 0.143. The Morgan fingerprint density at radius 3 is 2.34 bits per heavy atom. The zero-order valence-corrected chi connectivity index (χ0v) is 21.0. The summed E-state index contributed by atoms with van der Waals surface area (Å²) in [5.41, 5.74) is 1.17. The Hall–Kier alpha value is -3.00. The average molecular weight is 492 g/mol. The van der Waals surface area contributed by atoms with Gasteiger partial charge in [-0.15, -0.1) is 0 Å². The third-order valence-corrected chi connectivity index (χ3v) is 7.83. The van der Waals surface area contributed by atoms with Crippen molar-refractivity contribution < 1.29 is 13.2 Å². The van der Waals surface area contributed by atoms with Gasteiger partial charge in [-0.25, -0.2) is 8.42 Å². The molecular weight excluding hydrogens is 458 g/mol. The second-order valence-corrected chi connectivity index (χ2v) is 10.6. The molecule has 4 rings (SSSR count). The van der Waals surface area contributed by atoms with Crippen LogP contribution in [0.3, 0.4) is 0 Å². The first-order valence-electron chi connectivity index (χ1n) is 12.2. The van der Waals surface area contributed by atoms with Crippen LogP contribution in [-0.4, -0.2) is 62.9 Å². The Bertz CT molecular complexity index is 1270. The molecule has 3 aromatic carbocycles. The minimum atomic E-state index is -3.82. The van der Waals surface area contributed by atoms with Gasteiger partial charge in [0, 0.05) is 32.7 Å². The van der Waals surface area contributed by atoms with Crippen molar-refractivity contribution in [2.45, 2.75) is 30.7 Å². The fraction of sp³-hybridized carbons (Fsp3) is 0.321. The lowest BCUT2D eigenvalue weighted by atomic mass is 10.1. The normalized spacial score (nSPS) is 16.1. The molecule has 0 spiro atoms. The molecular formula is C28H33N3O3S. The Morgan fingerprint density at radius 2 is 1.63 bits per heavy atom. The number of carbonyl (C=O) groups excluding carboxylic acids is 1. The zero-order valence-electron chi connectivity index (χ0n) is 20.1. The Labute approximate surface area is 208 Å². The van der Waals surface area contributed by atoms with Crippen molar-refractivity contribution in [3.63, 3.8) is 0 Å². The van der Waals surface area contributed by atoms with Gasteiger partial charge in [0.15, 0.2) is 0 Å². The van der Waals surface area contributed by atoms with E-state index in [0.29, 0.717) is 25.9 Å². The maximum Gasteiger partial charge on any atom is 0.241 e. The average Bonchev–Trinajstić information content (AvgIpc) is 2.88. The number of amides is 1. The van der Waals surface area contributed by atoms with Crippen molar-refractivity contribution in [2.24, 2.45) is 0 Å². The number of rotatable bonds is 9. The van der Waals surface area contributed by atoms with Gasteiger partial charge in [0.05, 0.1) is 4.90 Å². The first-order chi connectivity index (χ1) is 17.0. The molecule has 3 aromatic rings. The highest BCUT2D eigenvalue weighted by atomic mass is 32.2. The van der Waals surface area contributed by atoms with Gasteiger partial charge < -0.3 is 4.90 Å². The molecule has 0 aliphatic carbocycles. The summed E-state index contributed by atoms with van der Waals surface area (Å²) in [6, 6.07) is 22.1. The highest BCUT2D eigenvalue weighted by Gasteiger charge is 2.30. The molecule has 7 heteroatoms. The molecule has 0 bridgehead atoms. The first-order valence-corrected chi connectivity index (χ1v) is 13.7. The molecule has 0 radical (unpaired) electrons. The molecule has 35 heavy (non-hydrogen) atoms. The topological polar surface area (TPSA) is 69.7 Å². The Morgan fingerprint density at radius 1 is 0.943 bits per heavy atom. The first kappa shape index (κ1) is 25.1. The highest BCUT2D eigenvalue weighted by molar-refractivity contribution is 7.89. The van der Waals surface area contributed by atoms with E-state index in [-0.39, 0.29) is 10.8 Å². The van der Waals surface area contributed by atoms with Crippen LogP contribution in [0, 0.1) is 0 Å². The molecule has 1 saturated heterocycles. The lowest BCUT2D eigenvalue weighted by Gasteiger charge is -2.36.